The third-order valence-corrected chi connectivity index (χ3v) is 5.77. The summed E-state index contributed by atoms with van der Waals surface area (Å²) in [5.41, 5.74) is 0.851. The molecule has 1 fully saturated rings. The largest absolute Gasteiger partial charge is 0.388 e. The standard InChI is InChI=1S/C20H22N2O4S/c1-27-16-7-8-18(22(25)26)17(13-16)20(24)21-11-9-15(10-12-21)19(23)14-5-3-2-4-6-14/h2-8,13,15,19,23H,9-12H2,1H3. The maximum absolute atomic E-state index is 12.9. The van der Waals surface area contributed by atoms with Crippen molar-refractivity contribution in [1.82, 2.24) is 4.90 Å². The van der Waals surface area contributed by atoms with Crippen LogP contribution in [-0.4, -0.2) is 40.2 Å². The smallest absolute Gasteiger partial charge is 0.282 e. The molecule has 1 N–H and O–H groups in total. The van der Waals surface area contributed by atoms with Crippen molar-refractivity contribution in [2.24, 2.45) is 5.92 Å². The summed E-state index contributed by atoms with van der Waals surface area (Å²) in [6.45, 7) is 0.960. The first-order valence-electron chi connectivity index (χ1n) is 8.86. The number of piperidine rings is 1. The fourth-order valence-corrected chi connectivity index (χ4v) is 3.92. The van der Waals surface area contributed by atoms with Crippen molar-refractivity contribution in [3.8, 4) is 0 Å². The van der Waals surface area contributed by atoms with Gasteiger partial charge in [-0.25, -0.2) is 0 Å². The number of likely N-dealkylation sites (tertiary alicyclic amines) is 1. The van der Waals surface area contributed by atoms with Crippen LogP contribution in [0, 0.1) is 16.0 Å². The van der Waals surface area contributed by atoms with Crippen molar-refractivity contribution in [1.29, 1.82) is 0 Å². The number of hydrogen-bond acceptors (Lipinski definition) is 5. The van der Waals surface area contributed by atoms with E-state index in [1.807, 2.05) is 36.6 Å². The van der Waals surface area contributed by atoms with Gasteiger partial charge in [-0.05, 0) is 42.7 Å². The number of carbonyl (C=O) groups is 1. The van der Waals surface area contributed by atoms with Crippen molar-refractivity contribution >= 4 is 23.4 Å². The summed E-state index contributed by atoms with van der Waals surface area (Å²) in [7, 11) is 0. The van der Waals surface area contributed by atoms with Crippen molar-refractivity contribution in [3.05, 3.63) is 69.8 Å². The van der Waals surface area contributed by atoms with Crippen LogP contribution < -0.4 is 0 Å². The third kappa shape index (κ3) is 4.31. The van der Waals surface area contributed by atoms with Gasteiger partial charge in [-0.3, -0.25) is 14.9 Å². The third-order valence-electron chi connectivity index (χ3n) is 5.05. The number of aliphatic hydroxyl groups excluding tert-OH is 1. The van der Waals surface area contributed by atoms with Gasteiger partial charge in [-0.1, -0.05) is 30.3 Å². The molecule has 0 radical (unpaired) electrons. The minimum absolute atomic E-state index is 0.0731. The van der Waals surface area contributed by atoms with Gasteiger partial charge in [0, 0.05) is 24.1 Å². The maximum atomic E-state index is 12.9. The van der Waals surface area contributed by atoms with Crippen LogP contribution in [0.15, 0.2) is 53.4 Å². The fourth-order valence-electron chi connectivity index (χ4n) is 3.48. The van der Waals surface area contributed by atoms with Crippen molar-refractivity contribution < 1.29 is 14.8 Å². The highest BCUT2D eigenvalue weighted by molar-refractivity contribution is 7.98. The number of nitro benzene ring substituents is 1. The Morgan fingerprint density at radius 1 is 1.22 bits per heavy atom. The number of rotatable bonds is 5. The molecule has 1 saturated heterocycles. The van der Waals surface area contributed by atoms with Crippen molar-refractivity contribution in [3.63, 3.8) is 0 Å². The molecule has 1 amide bonds. The van der Waals surface area contributed by atoms with Gasteiger partial charge in [0.2, 0.25) is 0 Å². The van der Waals surface area contributed by atoms with E-state index in [1.165, 1.54) is 17.8 Å². The number of nitro groups is 1. The molecule has 2 aromatic rings. The Morgan fingerprint density at radius 3 is 2.48 bits per heavy atom. The zero-order valence-electron chi connectivity index (χ0n) is 15.1. The molecule has 7 heteroatoms. The Balaban J connectivity index is 1.71. The molecular formula is C20H22N2O4S. The van der Waals surface area contributed by atoms with E-state index in [2.05, 4.69) is 0 Å². The molecule has 0 saturated carbocycles. The Bertz CT molecular complexity index is 820. The van der Waals surface area contributed by atoms with Gasteiger partial charge in [0.15, 0.2) is 0 Å². The van der Waals surface area contributed by atoms with Gasteiger partial charge in [-0.15, -0.1) is 11.8 Å². The van der Waals surface area contributed by atoms with Crippen molar-refractivity contribution in [2.45, 2.75) is 23.8 Å². The summed E-state index contributed by atoms with van der Waals surface area (Å²) in [5.74, 6) is -0.241. The predicted octanol–water partition coefficient (Wildman–Crippen LogP) is 3.90. The lowest BCUT2D eigenvalue weighted by Gasteiger charge is -2.34. The molecule has 1 aliphatic heterocycles. The normalized spacial score (nSPS) is 16.1. The fraction of sp³-hybridized carbons (Fsp3) is 0.350. The van der Waals surface area contributed by atoms with Crippen LogP contribution in [0.4, 0.5) is 5.69 Å². The minimum Gasteiger partial charge on any atom is -0.388 e. The first-order valence-corrected chi connectivity index (χ1v) is 10.1. The molecule has 27 heavy (non-hydrogen) atoms. The molecule has 0 spiro atoms. The van der Waals surface area contributed by atoms with Crippen LogP contribution in [0.1, 0.15) is 34.9 Å². The average molecular weight is 386 g/mol. The second-order valence-electron chi connectivity index (χ2n) is 6.63. The molecule has 6 nitrogen and oxygen atoms in total. The van der Waals surface area contributed by atoms with Crippen LogP contribution >= 0.6 is 11.8 Å². The summed E-state index contributed by atoms with van der Waals surface area (Å²) in [5, 5.41) is 21.9. The van der Waals surface area contributed by atoms with Gasteiger partial charge in [0.25, 0.3) is 11.6 Å². The monoisotopic (exact) mass is 386 g/mol. The van der Waals surface area contributed by atoms with Crippen LogP contribution in [-0.2, 0) is 0 Å². The number of nitrogens with zero attached hydrogens (tertiary/aromatic N) is 2. The summed E-state index contributed by atoms with van der Waals surface area (Å²) in [4.78, 5) is 26.2. The van der Waals surface area contributed by atoms with E-state index in [9.17, 15) is 20.0 Å². The van der Waals surface area contributed by atoms with Crippen LogP contribution in [0.25, 0.3) is 0 Å². The Morgan fingerprint density at radius 2 is 1.89 bits per heavy atom. The van der Waals surface area contributed by atoms with Gasteiger partial charge in [0.1, 0.15) is 5.56 Å². The minimum atomic E-state index is -0.558. The number of benzene rings is 2. The summed E-state index contributed by atoms with van der Waals surface area (Å²) in [6.07, 6.45) is 2.64. The predicted molar refractivity (Wildman–Crippen MR) is 105 cm³/mol. The highest BCUT2D eigenvalue weighted by Crippen LogP contribution is 2.32. The average Bonchev–Trinajstić information content (AvgIpc) is 2.72. The first kappa shape index (κ1) is 19.4. The molecule has 0 aromatic heterocycles. The molecular weight excluding hydrogens is 364 g/mol. The van der Waals surface area contributed by atoms with Crippen LogP contribution in [0.2, 0.25) is 0 Å². The summed E-state index contributed by atoms with van der Waals surface area (Å²) >= 11 is 1.44. The number of aliphatic hydroxyl groups is 1. The molecule has 3 rings (SSSR count). The molecule has 1 atom stereocenters. The molecule has 0 aliphatic carbocycles. The number of hydrogen-bond donors (Lipinski definition) is 1. The summed E-state index contributed by atoms with van der Waals surface area (Å²) in [6, 6.07) is 14.2. The van der Waals surface area contributed by atoms with Gasteiger partial charge in [-0.2, -0.15) is 0 Å². The van der Waals surface area contributed by atoms with E-state index in [-0.39, 0.29) is 23.1 Å². The SMILES string of the molecule is CSc1ccc([N+](=O)[O-])c(C(=O)N2CCC(C(O)c3ccccc3)CC2)c1. The van der Waals surface area contributed by atoms with Crippen molar-refractivity contribution in [2.75, 3.05) is 19.3 Å². The van der Waals surface area contributed by atoms with Crippen LogP contribution in [0.5, 0.6) is 0 Å². The second-order valence-corrected chi connectivity index (χ2v) is 7.50. The Kier molecular flexibility index (Phi) is 6.13. The molecule has 0 bridgehead atoms. The quantitative estimate of drug-likeness (QED) is 0.479. The molecule has 2 aromatic carbocycles. The maximum Gasteiger partial charge on any atom is 0.282 e. The Hall–Kier alpha value is -2.38. The topological polar surface area (TPSA) is 83.7 Å². The lowest BCUT2D eigenvalue weighted by atomic mass is 9.87. The van der Waals surface area contributed by atoms with Gasteiger partial charge < -0.3 is 10.0 Å². The molecule has 142 valence electrons. The van der Waals surface area contributed by atoms with E-state index in [1.54, 1.807) is 17.0 Å². The van der Waals surface area contributed by atoms with Gasteiger partial charge >= 0.3 is 0 Å². The molecule has 1 heterocycles. The zero-order valence-corrected chi connectivity index (χ0v) is 15.9. The number of carbonyl (C=O) groups excluding carboxylic acids is 1. The lowest BCUT2D eigenvalue weighted by Crippen LogP contribution is -2.40. The second kappa shape index (κ2) is 8.54. The lowest BCUT2D eigenvalue weighted by molar-refractivity contribution is -0.385. The van der Waals surface area contributed by atoms with E-state index in [0.717, 1.165) is 10.5 Å². The highest BCUT2D eigenvalue weighted by atomic mass is 32.2. The van der Waals surface area contributed by atoms with E-state index in [0.29, 0.717) is 25.9 Å². The number of thioether (sulfide) groups is 1. The number of amides is 1. The highest BCUT2D eigenvalue weighted by Gasteiger charge is 2.31. The summed E-state index contributed by atoms with van der Waals surface area (Å²) < 4.78 is 0. The molecule has 1 aliphatic rings. The van der Waals surface area contributed by atoms with E-state index < -0.39 is 11.0 Å². The zero-order chi connectivity index (χ0) is 19.4. The van der Waals surface area contributed by atoms with Crippen LogP contribution in [0.3, 0.4) is 0 Å². The van der Waals surface area contributed by atoms with Gasteiger partial charge in [0.05, 0.1) is 11.0 Å². The first-order chi connectivity index (χ1) is 13.0. The molecule has 1 unspecified atom stereocenters. The van der Waals surface area contributed by atoms with E-state index in [4.69, 9.17) is 0 Å². The van der Waals surface area contributed by atoms with E-state index >= 15 is 0 Å². The Labute approximate surface area is 162 Å².